The van der Waals surface area contributed by atoms with Crippen molar-refractivity contribution < 1.29 is 18.1 Å². The third kappa shape index (κ3) is 4.55. The first-order valence-electron chi connectivity index (χ1n) is 8.76. The molecule has 7 nitrogen and oxygen atoms in total. The first-order chi connectivity index (χ1) is 12.9. The minimum atomic E-state index is -3.86. The van der Waals surface area contributed by atoms with Crippen molar-refractivity contribution in [2.45, 2.75) is 37.1 Å². The molecule has 0 saturated carbocycles. The number of ether oxygens (including phenoxy) is 1. The third-order valence-corrected chi connectivity index (χ3v) is 7.76. The van der Waals surface area contributed by atoms with Crippen molar-refractivity contribution in [3.8, 4) is 0 Å². The molecule has 1 fully saturated rings. The van der Waals surface area contributed by atoms with Gasteiger partial charge in [-0.05, 0) is 43.2 Å². The number of aryl methyl sites for hydroxylation is 1. The van der Waals surface area contributed by atoms with Crippen LogP contribution < -0.4 is 0 Å². The van der Waals surface area contributed by atoms with Crippen molar-refractivity contribution in [1.29, 1.82) is 0 Å². The van der Waals surface area contributed by atoms with Gasteiger partial charge in [0.15, 0.2) is 0 Å². The van der Waals surface area contributed by atoms with Crippen LogP contribution in [0.5, 0.6) is 0 Å². The van der Waals surface area contributed by atoms with E-state index in [0.29, 0.717) is 44.6 Å². The van der Waals surface area contributed by atoms with Crippen molar-refractivity contribution in [2.24, 2.45) is 0 Å². The summed E-state index contributed by atoms with van der Waals surface area (Å²) < 4.78 is 33.8. The van der Waals surface area contributed by atoms with Gasteiger partial charge in [-0.25, -0.2) is 8.42 Å². The minimum absolute atomic E-state index is 0.00868. The Labute approximate surface area is 162 Å². The smallest absolute Gasteiger partial charge is 0.270 e. The molecule has 2 aromatic rings. The van der Waals surface area contributed by atoms with Gasteiger partial charge in [0.05, 0.1) is 9.82 Å². The summed E-state index contributed by atoms with van der Waals surface area (Å²) >= 11 is 1.59. The zero-order valence-electron chi connectivity index (χ0n) is 15.0. The van der Waals surface area contributed by atoms with Gasteiger partial charge in [0.1, 0.15) is 0 Å². The van der Waals surface area contributed by atoms with Gasteiger partial charge in [-0.3, -0.25) is 10.1 Å². The van der Waals surface area contributed by atoms with Crippen LogP contribution in [0.25, 0.3) is 0 Å². The Morgan fingerprint density at radius 3 is 2.67 bits per heavy atom. The highest BCUT2D eigenvalue weighted by Gasteiger charge is 2.34. The Morgan fingerprint density at radius 1 is 1.30 bits per heavy atom. The molecule has 0 spiro atoms. The first kappa shape index (κ1) is 19.9. The van der Waals surface area contributed by atoms with E-state index in [-0.39, 0.29) is 16.6 Å². The molecule has 0 bridgehead atoms. The van der Waals surface area contributed by atoms with Gasteiger partial charge in [0.25, 0.3) is 5.69 Å². The first-order valence-corrected chi connectivity index (χ1v) is 11.1. The average Bonchev–Trinajstić information content (AvgIpc) is 3.16. The summed E-state index contributed by atoms with van der Waals surface area (Å²) in [6.07, 6.45) is 1.86. The molecule has 0 aliphatic carbocycles. The van der Waals surface area contributed by atoms with Crippen molar-refractivity contribution in [3.63, 3.8) is 0 Å². The molecule has 1 saturated heterocycles. The number of thiophene rings is 1. The second-order valence-corrected chi connectivity index (χ2v) is 9.39. The lowest BCUT2D eigenvalue weighted by atomic mass is 10.1. The Balaban J connectivity index is 1.96. The van der Waals surface area contributed by atoms with Gasteiger partial charge in [0.2, 0.25) is 10.0 Å². The standard InChI is InChI=1S/C18H22N2O5S2/c1-14-4-5-16(20(21)22)13-18(14)27(23,24)19(15-7-10-25-11-8-15)9-6-17-3-2-12-26-17/h2-5,12-13,15H,6-11H2,1H3. The van der Waals surface area contributed by atoms with E-state index in [0.717, 1.165) is 4.88 Å². The zero-order valence-corrected chi connectivity index (χ0v) is 16.7. The fraction of sp³-hybridized carbons (Fsp3) is 0.444. The minimum Gasteiger partial charge on any atom is -0.381 e. The molecule has 27 heavy (non-hydrogen) atoms. The number of benzene rings is 1. The van der Waals surface area contributed by atoms with E-state index in [9.17, 15) is 18.5 Å². The predicted octanol–water partition coefficient (Wildman–Crippen LogP) is 3.38. The summed E-state index contributed by atoms with van der Waals surface area (Å²) in [4.78, 5) is 11.7. The number of rotatable bonds is 7. The largest absolute Gasteiger partial charge is 0.381 e. The molecule has 0 N–H and O–H groups in total. The summed E-state index contributed by atoms with van der Waals surface area (Å²) in [7, 11) is -3.86. The van der Waals surface area contributed by atoms with Crippen LogP contribution in [0.1, 0.15) is 23.3 Å². The molecule has 9 heteroatoms. The maximum Gasteiger partial charge on any atom is 0.270 e. The van der Waals surface area contributed by atoms with Gasteiger partial charge in [-0.15, -0.1) is 11.3 Å². The molecule has 0 radical (unpaired) electrons. The summed E-state index contributed by atoms with van der Waals surface area (Å²) in [5.41, 5.74) is 0.290. The predicted molar refractivity (Wildman–Crippen MR) is 104 cm³/mol. The highest BCUT2D eigenvalue weighted by Crippen LogP contribution is 2.29. The van der Waals surface area contributed by atoms with E-state index in [1.54, 1.807) is 18.3 Å². The SMILES string of the molecule is Cc1ccc([N+](=O)[O-])cc1S(=O)(=O)N(CCc1cccs1)C1CCOCC1. The molecule has 1 aromatic carbocycles. The molecule has 2 heterocycles. The van der Waals surface area contributed by atoms with E-state index in [1.807, 2.05) is 17.5 Å². The molecule has 0 unspecified atom stereocenters. The molecular formula is C18H22N2O5S2. The van der Waals surface area contributed by atoms with E-state index in [2.05, 4.69) is 0 Å². The van der Waals surface area contributed by atoms with Crippen molar-refractivity contribution in [2.75, 3.05) is 19.8 Å². The van der Waals surface area contributed by atoms with Gasteiger partial charge in [-0.1, -0.05) is 12.1 Å². The van der Waals surface area contributed by atoms with Crippen molar-refractivity contribution in [1.82, 2.24) is 4.31 Å². The Hall–Kier alpha value is -1.81. The molecule has 3 rings (SSSR count). The topological polar surface area (TPSA) is 89.8 Å². The van der Waals surface area contributed by atoms with Crippen molar-refractivity contribution in [3.05, 3.63) is 56.3 Å². The Kier molecular flexibility index (Phi) is 6.25. The second-order valence-electron chi connectivity index (χ2n) is 6.50. The number of nitrogens with zero attached hydrogens (tertiary/aromatic N) is 2. The fourth-order valence-corrected chi connectivity index (χ4v) is 5.88. The Morgan fingerprint density at radius 2 is 2.04 bits per heavy atom. The van der Waals surface area contributed by atoms with Crippen LogP contribution >= 0.6 is 11.3 Å². The number of hydrogen-bond acceptors (Lipinski definition) is 6. The summed E-state index contributed by atoms with van der Waals surface area (Å²) in [6.45, 7) is 3.04. The molecule has 0 amide bonds. The Bertz CT molecular complexity index is 890. The van der Waals surface area contributed by atoms with Crippen LogP contribution in [0, 0.1) is 17.0 Å². The van der Waals surface area contributed by atoms with Crippen LogP contribution in [0.3, 0.4) is 0 Å². The lowest BCUT2D eigenvalue weighted by molar-refractivity contribution is -0.385. The van der Waals surface area contributed by atoms with Crippen LogP contribution in [0.15, 0.2) is 40.6 Å². The lowest BCUT2D eigenvalue weighted by Gasteiger charge is -2.33. The second kappa shape index (κ2) is 8.47. The normalized spacial score (nSPS) is 15.9. The average molecular weight is 411 g/mol. The van der Waals surface area contributed by atoms with E-state index in [4.69, 9.17) is 4.74 Å². The van der Waals surface area contributed by atoms with E-state index >= 15 is 0 Å². The summed E-state index contributed by atoms with van der Waals surface area (Å²) in [5, 5.41) is 13.1. The van der Waals surface area contributed by atoms with E-state index in [1.165, 1.54) is 22.5 Å². The number of hydrogen-bond donors (Lipinski definition) is 0. The number of non-ortho nitro benzene ring substituents is 1. The zero-order chi connectivity index (χ0) is 19.4. The van der Waals surface area contributed by atoms with E-state index < -0.39 is 14.9 Å². The molecule has 146 valence electrons. The monoisotopic (exact) mass is 410 g/mol. The van der Waals surface area contributed by atoms with Gasteiger partial charge in [-0.2, -0.15) is 4.31 Å². The third-order valence-electron chi connectivity index (χ3n) is 4.73. The number of nitro benzene ring substituents is 1. The fourth-order valence-electron chi connectivity index (χ4n) is 3.25. The van der Waals surface area contributed by atoms with Crippen LogP contribution in [0.4, 0.5) is 5.69 Å². The lowest BCUT2D eigenvalue weighted by Crippen LogP contribution is -2.44. The maximum absolute atomic E-state index is 13.5. The molecule has 0 atom stereocenters. The molecular weight excluding hydrogens is 388 g/mol. The summed E-state index contributed by atoms with van der Waals surface area (Å²) in [6, 6.07) is 7.76. The number of sulfonamides is 1. The quantitative estimate of drug-likeness (QED) is 0.516. The van der Waals surface area contributed by atoms with Crippen molar-refractivity contribution >= 4 is 27.0 Å². The number of nitro groups is 1. The highest BCUT2D eigenvalue weighted by atomic mass is 32.2. The maximum atomic E-state index is 13.5. The van der Waals surface area contributed by atoms with Gasteiger partial charge in [0, 0.05) is 42.8 Å². The molecule has 1 aliphatic rings. The van der Waals surface area contributed by atoms with Crippen LogP contribution in [0.2, 0.25) is 0 Å². The van der Waals surface area contributed by atoms with Gasteiger partial charge < -0.3 is 4.74 Å². The molecule has 1 aromatic heterocycles. The summed E-state index contributed by atoms with van der Waals surface area (Å²) in [5.74, 6) is 0. The molecule has 1 aliphatic heterocycles. The van der Waals surface area contributed by atoms with Gasteiger partial charge >= 0.3 is 0 Å². The van der Waals surface area contributed by atoms with Crippen LogP contribution in [-0.2, 0) is 21.2 Å². The highest BCUT2D eigenvalue weighted by molar-refractivity contribution is 7.89. The van der Waals surface area contributed by atoms with Crippen LogP contribution in [-0.4, -0.2) is 43.4 Å².